The Labute approximate surface area is 173 Å². The van der Waals surface area contributed by atoms with Crippen LogP contribution in [0.15, 0.2) is 78.1 Å². The summed E-state index contributed by atoms with van der Waals surface area (Å²) in [5, 5.41) is 8.16. The molecule has 0 atom stereocenters. The maximum absolute atomic E-state index is 13.6. The number of fused-ring (bicyclic) bond motifs is 1. The van der Waals surface area contributed by atoms with E-state index in [1.807, 2.05) is 18.2 Å². The first-order valence-electron chi connectivity index (χ1n) is 8.68. The second-order valence-electron chi connectivity index (χ2n) is 6.30. The fourth-order valence-corrected chi connectivity index (χ4v) is 4.61. The fraction of sp³-hybridized carbons (Fsp3) is 0.100. The molecular formula is C20H17ClN4O3S. The quantitative estimate of drug-likeness (QED) is 0.467. The summed E-state index contributed by atoms with van der Waals surface area (Å²) in [7, 11) is -2.33. The van der Waals surface area contributed by atoms with Crippen LogP contribution in [0.1, 0.15) is 5.56 Å². The minimum atomic E-state index is -3.90. The highest BCUT2D eigenvalue weighted by atomic mass is 35.5. The van der Waals surface area contributed by atoms with Gasteiger partial charge in [-0.05, 0) is 48.0 Å². The lowest BCUT2D eigenvalue weighted by Gasteiger charge is -2.25. The highest BCUT2D eigenvalue weighted by Crippen LogP contribution is 2.29. The average molecular weight is 429 g/mol. The van der Waals surface area contributed by atoms with Gasteiger partial charge in [-0.25, -0.2) is 8.42 Å². The van der Waals surface area contributed by atoms with Gasteiger partial charge in [0, 0.05) is 11.2 Å². The molecule has 0 amide bonds. The molecule has 2 heterocycles. The topological polar surface area (TPSA) is 76.8 Å². The van der Waals surface area contributed by atoms with E-state index in [9.17, 15) is 8.42 Å². The van der Waals surface area contributed by atoms with Crippen molar-refractivity contribution in [2.24, 2.45) is 0 Å². The molecule has 0 unspecified atom stereocenters. The molecule has 0 saturated heterocycles. The molecular weight excluding hydrogens is 412 g/mol. The second-order valence-corrected chi connectivity index (χ2v) is 8.60. The lowest BCUT2D eigenvalue weighted by atomic mass is 10.2. The van der Waals surface area contributed by atoms with E-state index in [1.165, 1.54) is 22.9 Å². The van der Waals surface area contributed by atoms with Crippen LogP contribution in [0.5, 0.6) is 5.75 Å². The molecule has 0 aliphatic carbocycles. The Morgan fingerprint density at radius 1 is 1.10 bits per heavy atom. The molecule has 4 rings (SSSR count). The van der Waals surface area contributed by atoms with Crippen molar-refractivity contribution < 1.29 is 13.2 Å². The third kappa shape index (κ3) is 3.90. The van der Waals surface area contributed by atoms with Crippen molar-refractivity contribution in [2.45, 2.75) is 11.4 Å². The van der Waals surface area contributed by atoms with E-state index in [0.29, 0.717) is 22.1 Å². The molecule has 0 N–H and O–H groups in total. The van der Waals surface area contributed by atoms with Gasteiger partial charge < -0.3 is 4.74 Å². The lowest BCUT2D eigenvalue weighted by molar-refractivity contribution is 0.414. The Kier molecular flexibility index (Phi) is 5.12. The number of pyridine rings is 1. The first-order chi connectivity index (χ1) is 14.0. The number of methoxy groups -OCH3 is 1. The Morgan fingerprint density at radius 2 is 1.93 bits per heavy atom. The van der Waals surface area contributed by atoms with Gasteiger partial charge in [0.25, 0.3) is 10.0 Å². The molecule has 0 aliphatic rings. The molecule has 9 heteroatoms. The Bertz CT molecular complexity index is 1270. The smallest absolute Gasteiger partial charge is 0.266 e. The Balaban J connectivity index is 1.81. The van der Waals surface area contributed by atoms with E-state index in [-0.39, 0.29) is 11.4 Å². The van der Waals surface area contributed by atoms with Crippen molar-refractivity contribution >= 4 is 33.0 Å². The van der Waals surface area contributed by atoms with Crippen molar-refractivity contribution in [3.63, 3.8) is 0 Å². The minimum Gasteiger partial charge on any atom is -0.497 e. The molecule has 148 valence electrons. The number of rotatable bonds is 6. The number of hydrogen-bond donors (Lipinski definition) is 0. The molecule has 0 fully saturated rings. The van der Waals surface area contributed by atoms with Crippen molar-refractivity contribution in [3.05, 3.63) is 83.8 Å². The second kappa shape index (κ2) is 7.73. The largest absolute Gasteiger partial charge is 0.497 e. The van der Waals surface area contributed by atoms with Gasteiger partial charge in [0.05, 0.1) is 19.3 Å². The van der Waals surface area contributed by atoms with Crippen LogP contribution in [-0.4, -0.2) is 30.1 Å². The summed E-state index contributed by atoms with van der Waals surface area (Å²) in [5.74, 6) is 0.650. The monoisotopic (exact) mass is 428 g/mol. The van der Waals surface area contributed by atoms with Gasteiger partial charge in [0.2, 0.25) is 0 Å². The molecule has 2 aromatic heterocycles. The van der Waals surface area contributed by atoms with E-state index in [0.717, 1.165) is 5.56 Å². The maximum atomic E-state index is 13.6. The molecule has 7 nitrogen and oxygen atoms in total. The molecule has 29 heavy (non-hydrogen) atoms. The van der Waals surface area contributed by atoms with Crippen molar-refractivity contribution in [1.82, 2.24) is 14.6 Å². The van der Waals surface area contributed by atoms with Crippen LogP contribution in [0.4, 0.5) is 5.69 Å². The standard InChI is InChI=1S/C20H17ClN4O3S/c1-28-18-7-2-4-15(10-18)12-25(17-6-3-5-16(21)11-17)29(26,27)19-8-9-20-23-22-14-24(20)13-19/h2-11,13-14H,12H2,1H3. The number of halogens is 1. The van der Waals surface area contributed by atoms with Crippen LogP contribution in [0.3, 0.4) is 0 Å². The Morgan fingerprint density at radius 3 is 2.72 bits per heavy atom. The van der Waals surface area contributed by atoms with Gasteiger partial charge in [-0.15, -0.1) is 10.2 Å². The highest BCUT2D eigenvalue weighted by molar-refractivity contribution is 7.92. The van der Waals surface area contributed by atoms with Crippen LogP contribution >= 0.6 is 11.6 Å². The molecule has 0 radical (unpaired) electrons. The van der Waals surface area contributed by atoms with E-state index in [1.54, 1.807) is 47.9 Å². The SMILES string of the molecule is COc1cccc(CN(c2cccc(Cl)c2)S(=O)(=O)c2ccc3nncn3c2)c1. The molecule has 4 aromatic rings. The summed E-state index contributed by atoms with van der Waals surface area (Å²) in [6, 6.07) is 17.2. The zero-order valence-electron chi connectivity index (χ0n) is 15.4. The number of benzene rings is 2. The van der Waals surface area contributed by atoms with E-state index < -0.39 is 10.0 Å². The number of hydrogen-bond acceptors (Lipinski definition) is 5. The number of aromatic nitrogens is 3. The van der Waals surface area contributed by atoms with Crippen molar-refractivity contribution in [1.29, 1.82) is 0 Å². The van der Waals surface area contributed by atoms with E-state index in [2.05, 4.69) is 10.2 Å². The summed E-state index contributed by atoms with van der Waals surface area (Å²) in [6.45, 7) is 0.111. The molecule has 0 spiro atoms. The van der Waals surface area contributed by atoms with Crippen molar-refractivity contribution in [3.8, 4) is 5.75 Å². The zero-order chi connectivity index (χ0) is 20.4. The summed E-state index contributed by atoms with van der Waals surface area (Å²) < 4.78 is 35.3. The zero-order valence-corrected chi connectivity index (χ0v) is 17.0. The Hall–Kier alpha value is -3.10. The first-order valence-corrected chi connectivity index (χ1v) is 10.5. The summed E-state index contributed by atoms with van der Waals surface area (Å²) >= 11 is 6.14. The first kappa shape index (κ1) is 19.2. The molecule has 0 aliphatic heterocycles. The predicted molar refractivity (Wildman–Crippen MR) is 111 cm³/mol. The number of ether oxygens (including phenoxy) is 1. The van der Waals surface area contributed by atoms with Gasteiger partial charge in [-0.1, -0.05) is 29.8 Å². The summed E-state index contributed by atoms with van der Waals surface area (Å²) in [4.78, 5) is 0.118. The summed E-state index contributed by atoms with van der Waals surface area (Å²) in [5.41, 5.74) is 1.80. The molecule has 0 bridgehead atoms. The summed E-state index contributed by atoms with van der Waals surface area (Å²) in [6.07, 6.45) is 2.95. The number of sulfonamides is 1. The van der Waals surface area contributed by atoms with E-state index >= 15 is 0 Å². The highest BCUT2D eigenvalue weighted by Gasteiger charge is 2.26. The molecule has 0 saturated carbocycles. The van der Waals surface area contributed by atoms with Crippen LogP contribution in [0, 0.1) is 0 Å². The van der Waals surface area contributed by atoms with Crippen LogP contribution in [0.2, 0.25) is 5.02 Å². The van der Waals surface area contributed by atoms with Crippen molar-refractivity contribution in [2.75, 3.05) is 11.4 Å². The third-order valence-corrected chi connectivity index (χ3v) is 6.40. The van der Waals surface area contributed by atoms with Gasteiger partial charge in [-0.2, -0.15) is 0 Å². The maximum Gasteiger partial charge on any atom is 0.266 e. The number of anilines is 1. The predicted octanol–water partition coefficient (Wildman–Crippen LogP) is 3.79. The number of nitrogens with zero attached hydrogens (tertiary/aromatic N) is 4. The van der Waals surface area contributed by atoms with Crippen LogP contribution in [-0.2, 0) is 16.6 Å². The van der Waals surface area contributed by atoms with Gasteiger partial charge in [-0.3, -0.25) is 8.71 Å². The van der Waals surface area contributed by atoms with Crippen LogP contribution < -0.4 is 9.04 Å². The fourth-order valence-electron chi connectivity index (χ4n) is 2.97. The van der Waals surface area contributed by atoms with Gasteiger partial charge in [0.15, 0.2) is 5.65 Å². The van der Waals surface area contributed by atoms with Crippen LogP contribution in [0.25, 0.3) is 5.65 Å². The normalized spacial score (nSPS) is 11.5. The molecule has 2 aromatic carbocycles. The van der Waals surface area contributed by atoms with E-state index in [4.69, 9.17) is 16.3 Å². The lowest BCUT2D eigenvalue weighted by Crippen LogP contribution is -2.30. The minimum absolute atomic E-state index is 0.111. The van der Waals surface area contributed by atoms with Gasteiger partial charge in [0.1, 0.15) is 17.0 Å². The average Bonchev–Trinajstić information content (AvgIpc) is 3.20. The van der Waals surface area contributed by atoms with Gasteiger partial charge >= 0.3 is 0 Å². The third-order valence-electron chi connectivity index (χ3n) is 4.41.